The first kappa shape index (κ1) is 21.3. The van der Waals surface area contributed by atoms with E-state index in [9.17, 15) is 4.79 Å². The highest BCUT2D eigenvalue weighted by molar-refractivity contribution is 5.85. The SMILES string of the molecule is COc1ccc(CNc2cc3c(cn2)c(=O)cc(Nc2ccccc2)n3-c2ccccc2)cc1. The molecular weight excluding hydrogens is 424 g/mol. The van der Waals surface area contributed by atoms with Gasteiger partial charge < -0.3 is 15.4 Å². The molecule has 2 aromatic heterocycles. The van der Waals surface area contributed by atoms with Crippen LogP contribution in [0.25, 0.3) is 16.6 Å². The van der Waals surface area contributed by atoms with Crippen LogP contribution in [0, 0.1) is 0 Å². The Morgan fingerprint density at radius 2 is 1.59 bits per heavy atom. The predicted octanol–water partition coefficient (Wildman–Crippen LogP) is 5.75. The normalized spacial score (nSPS) is 10.7. The monoisotopic (exact) mass is 448 g/mol. The van der Waals surface area contributed by atoms with Gasteiger partial charge in [0.05, 0.1) is 18.0 Å². The number of nitrogens with zero attached hydrogens (tertiary/aromatic N) is 2. The second-order valence-corrected chi connectivity index (χ2v) is 7.84. The zero-order valence-corrected chi connectivity index (χ0v) is 18.7. The molecule has 0 amide bonds. The van der Waals surface area contributed by atoms with Crippen molar-refractivity contribution in [1.29, 1.82) is 0 Å². The van der Waals surface area contributed by atoms with Gasteiger partial charge in [0.2, 0.25) is 0 Å². The molecule has 0 spiro atoms. The smallest absolute Gasteiger partial charge is 0.193 e. The summed E-state index contributed by atoms with van der Waals surface area (Å²) in [5.74, 6) is 2.18. The number of hydrogen-bond donors (Lipinski definition) is 2. The number of methoxy groups -OCH3 is 1. The maximum atomic E-state index is 13.0. The number of ether oxygens (including phenoxy) is 1. The number of rotatable bonds is 7. The second kappa shape index (κ2) is 9.50. The van der Waals surface area contributed by atoms with Crippen LogP contribution in [-0.4, -0.2) is 16.7 Å². The Hall–Kier alpha value is -4.58. The van der Waals surface area contributed by atoms with Gasteiger partial charge in [0.1, 0.15) is 17.4 Å². The fraction of sp³-hybridized carbons (Fsp3) is 0.0714. The maximum Gasteiger partial charge on any atom is 0.193 e. The van der Waals surface area contributed by atoms with Crippen LogP contribution < -0.4 is 20.8 Å². The lowest BCUT2D eigenvalue weighted by Crippen LogP contribution is -2.13. The molecule has 168 valence electrons. The number of pyridine rings is 2. The number of hydrogen-bond acceptors (Lipinski definition) is 5. The number of para-hydroxylation sites is 2. The molecule has 34 heavy (non-hydrogen) atoms. The van der Waals surface area contributed by atoms with Crippen LogP contribution in [0.3, 0.4) is 0 Å². The Labute approximate surface area is 197 Å². The minimum Gasteiger partial charge on any atom is -0.497 e. The average Bonchev–Trinajstić information content (AvgIpc) is 2.89. The van der Waals surface area contributed by atoms with E-state index < -0.39 is 0 Å². The van der Waals surface area contributed by atoms with Crippen LogP contribution in [0.5, 0.6) is 5.75 Å². The van der Waals surface area contributed by atoms with Crippen molar-refractivity contribution in [2.45, 2.75) is 6.54 Å². The van der Waals surface area contributed by atoms with Gasteiger partial charge in [0, 0.05) is 36.2 Å². The molecule has 0 saturated heterocycles. The molecule has 5 rings (SSSR count). The highest BCUT2D eigenvalue weighted by Gasteiger charge is 2.13. The van der Waals surface area contributed by atoms with Gasteiger partial charge in [-0.3, -0.25) is 9.36 Å². The lowest BCUT2D eigenvalue weighted by atomic mass is 10.2. The fourth-order valence-electron chi connectivity index (χ4n) is 3.87. The van der Waals surface area contributed by atoms with Gasteiger partial charge >= 0.3 is 0 Å². The summed E-state index contributed by atoms with van der Waals surface area (Å²) in [6.45, 7) is 0.597. The van der Waals surface area contributed by atoms with Crippen LogP contribution in [0.4, 0.5) is 17.3 Å². The van der Waals surface area contributed by atoms with E-state index in [1.165, 1.54) is 0 Å². The molecule has 0 bridgehead atoms. The van der Waals surface area contributed by atoms with Gasteiger partial charge in [-0.15, -0.1) is 0 Å². The molecule has 5 aromatic rings. The van der Waals surface area contributed by atoms with Crippen molar-refractivity contribution in [3.05, 3.63) is 119 Å². The van der Waals surface area contributed by atoms with E-state index in [-0.39, 0.29) is 5.43 Å². The van der Waals surface area contributed by atoms with E-state index in [0.717, 1.165) is 28.2 Å². The minimum absolute atomic E-state index is 0.0881. The summed E-state index contributed by atoms with van der Waals surface area (Å²) < 4.78 is 7.27. The standard InChI is InChI=1S/C28H24N4O2/c1-34-23-14-12-20(13-15-23)18-29-27-16-25-24(19-30-27)26(33)17-28(31-21-8-4-2-5-9-21)32(25)22-10-6-3-7-11-22/h2-17,19,31H,18H2,1H3,(H,29,30). The molecule has 0 radical (unpaired) electrons. The highest BCUT2D eigenvalue weighted by Crippen LogP contribution is 2.26. The summed E-state index contributed by atoms with van der Waals surface area (Å²) in [7, 11) is 1.65. The number of anilines is 3. The molecule has 0 aliphatic rings. The summed E-state index contributed by atoms with van der Waals surface area (Å²) in [5.41, 5.74) is 3.62. The molecule has 2 heterocycles. The lowest BCUT2D eigenvalue weighted by Gasteiger charge is -2.19. The van der Waals surface area contributed by atoms with E-state index in [2.05, 4.69) is 15.6 Å². The topological polar surface area (TPSA) is 68.2 Å². The van der Waals surface area contributed by atoms with Crippen molar-refractivity contribution in [2.24, 2.45) is 0 Å². The second-order valence-electron chi connectivity index (χ2n) is 7.84. The van der Waals surface area contributed by atoms with Crippen LogP contribution in [0.1, 0.15) is 5.56 Å². The third-order valence-corrected chi connectivity index (χ3v) is 5.59. The van der Waals surface area contributed by atoms with Gasteiger partial charge in [0.25, 0.3) is 0 Å². The Balaban J connectivity index is 1.57. The van der Waals surface area contributed by atoms with Crippen molar-refractivity contribution in [2.75, 3.05) is 17.7 Å². The number of fused-ring (bicyclic) bond motifs is 1. The quantitative estimate of drug-likeness (QED) is 0.332. The molecule has 0 unspecified atom stereocenters. The van der Waals surface area contributed by atoms with E-state index in [1.807, 2.05) is 95.6 Å². The minimum atomic E-state index is -0.0881. The summed E-state index contributed by atoms with van der Waals surface area (Å²) in [5, 5.41) is 7.33. The zero-order chi connectivity index (χ0) is 23.3. The van der Waals surface area contributed by atoms with Crippen molar-refractivity contribution >= 4 is 28.2 Å². The first-order chi connectivity index (χ1) is 16.7. The van der Waals surface area contributed by atoms with Crippen LogP contribution in [0.15, 0.2) is 108 Å². The molecule has 3 aromatic carbocycles. The Bertz CT molecular complexity index is 1460. The average molecular weight is 449 g/mol. The highest BCUT2D eigenvalue weighted by atomic mass is 16.5. The number of aromatic nitrogens is 2. The summed E-state index contributed by atoms with van der Waals surface area (Å²) >= 11 is 0. The molecular formula is C28H24N4O2. The first-order valence-corrected chi connectivity index (χ1v) is 11.0. The van der Waals surface area contributed by atoms with Gasteiger partial charge in [-0.1, -0.05) is 48.5 Å². The Morgan fingerprint density at radius 3 is 2.29 bits per heavy atom. The number of nitrogens with one attached hydrogen (secondary N) is 2. The zero-order valence-electron chi connectivity index (χ0n) is 18.7. The van der Waals surface area contributed by atoms with Crippen molar-refractivity contribution in [3.8, 4) is 11.4 Å². The number of benzene rings is 3. The Morgan fingerprint density at radius 1 is 0.882 bits per heavy atom. The molecule has 0 atom stereocenters. The molecule has 6 heteroatoms. The molecule has 0 fully saturated rings. The fourth-order valence-corrected chi connectivity index (χ4v) is 3.87. The van der Waals surface area contributed by atoms with Gasteiger partial charge in [-0.25, -0.2) is 4.98 Å². The summed E-state index contributed by atoms with van der Waals surface area (Å²) in [6.07, 6.45) is 1.64. The van der Waals surface area contributed by atoms with E-state index in [4.69, 9.17) is 4.74 Å². The van der Waals surface area contributed by atoms with Crippen LogP contribution >= 0.6 is 0 Å². The van der Waals surface area contributed by atoms with Crippen LogP contribution in [-0.2, 0) is 6.54 Å². The molecule has 2 N–H and O–H groups in total. The van der Waals surface area contributed by atoms with Gasteiger partial charge in [-0.05, 0) is 42.0 Å². The lowest BCUT2D eigenvalue weighted by molar-refractivity contribution is 0.414. The summed E-state index contributed by atoms with van der Waals surface area (Å²) in [6, 6.07) is 31.2. The van der Waals surface area contributed by atoms with E-state index in [1.54, 1.807) is 19.4 Å². The largest absolute Gasteiger partial charge is 0.497 e. The third-order valence-electron chi connectivity index (χ3n) is 5.59. The van der Waals surface area contributed by atoms with Gasteiger partial charge in [0.15, 0.2) is 5.43 Å². The first-order valence-electron chi connectivity index (χ1n) is 11.0. The molecule has 0 saturated carbocycles. The summed E-state index contributed by atoms with van der Waals surface area (Å²) in [4.78, 5) is 17.5. The molecule has 6 nitrogen and oxygen atoms in total. The predicted molar refractivity (Wildman–Crippen MR) is 137 cm³/mol. The molecule has 0 aliphatic carbocycles. The van der Waals surface area contributed by atoms with Crippen LogP contribution in [0.2, 0.25) is 0 Å². The maximum absolute atomic E-state index is 13.0. The molecule has 0 aliphatic heterocycles. The third kappa shape index (κ3) is 4.47. The van der Waals surface area contributed by atoms with Crippen molar-refractivity contribution < 1.29 is 4.74 Å². The van der Waals surface area contributed by atoms with E-state index in [0.29, 0.717) is 23.6 Å². The van der Waals surface area contributed by atoms with Crippen molar-refractivity contribution in [1.82, 2.24) is 9.55 Å². The van der Waals surface area contributed by atoms with Crippen molar-refractivity contribution in [3.63, 3.8) is 0 Å². The van der Waals surface area contributed by atoms with Gasteiger partial charge in [-0.2, -0.15) is 0 Å². The van der Waals surface area contributed by atoms with E-state index >= 15 is 0 Å². The Kier molecular flexibility index (Phi) is 5.95.